The highest BCUT2D eigenvalue weighted by Crippen LogP contribution is 2.27. The van der Waals surface area contributed by atoms with Crippen LogP contribution in [0.15, 0.2) is 6.07 Å². The molecule has 2 rings (SSSR count). The quantitative estimate of drug-likeness (QED) is 0.878. The molecule has 2 atom stereocenters. The molecule has 3 N–H and O–H groups in total. The van der Waals surface area contributed by atoms with E-state index >= 15 is 0 Å². The second kappa shape index (κ2) is 6.20. The van der Waals surface area contributed by atoms with Gasteiger partial charge in [-0.15, -0.1) is 12.4 Å². The van der Waals surface area contributed by atoms with Gasteiger partial charge in [0.05, 0.1) is 5.69 Å². The summed E-state index contributed by atoms with van der Waals surface area (Å²) < 4.78 is 1.68. The van der Waals surface area contributed by atoms with Crippen LogP contribution in [0.25, 0.3) is 0 Å². The monoisotopic (exact) mass is 272 g/mol. The molecule has 5 nitrogen and oxygen atoms in total. The third kappa shape index (κ3) is 3.46. The molecule has 1 aliphatic rings. The number of rotatable bonds is 3. The number of nitrogens with zero attached hydrogens (tertiary/aromatic N) is 2. The molecule has 1 saturated carbocycles. The lowest BCUT2D eigenvalue weighted by Gasteiger charge is -2.14. The molecular formula is C12H21ClN4O. The van der Waals surface area contributed by atoms with E-state index in [2.05, 4.69) is 10.4 Å². The van der Waals surface area contributed by atoms with E-state index in [0.29, 0.717) is 12.3 Å². The Morgan fingerprint density at radius 1 is 1.61 bits per heavy atom. The lowest BCUT2D eigenvalue weighted by molar-refractivity contribution is -0.117. The van der Waals surface area contributed by atoms with E-state index in [0.717, 1.165) is 30.8 Å². The van der Waals surface area contributed by atoms with Gasteiger partial charge in [0, 0.05) is 25.6 Å². The highest BCUT2D eigenvalue weighted by Gasteiger charge is 2.26. The van der Waals surface area contributed by atoms with Crippen LogP contribution in [0.5, 0.6) is 0 Å². The molecule has 102 valence electrons. The van der Waals surface area contributed by atoms with Crippen LogP contribution in [0.1, 0.15) is 31.4 Å². The predicted molar refractivity (Wildman–Crippen MR) is 73.8 cm³/mol. The highest BCUT2D eigenvalue weighted by molar-refractivity contribution is 5.90. The average molecular weight is 273 g/mol. The van der Waals surface area contributed by atoms with E-state index in [1.807, 2.05) is 20.0 Å². The Bertz CT molecular complexity index is 418. The standard InChI is InChI=1S/C12H20N4O.ClH/c1-8-6-11(16(2)15-8)14-12(17)7-9-4-3-5-10(9)13;/h6,9-10H,3-5,7,13H2,1-2H3,(H,14,17);1H/t9-,10+;/m0./s1. The summed E-state index contributed by atoms with van der Waals surface area (Å²) in [5.74, 6) is 1.12. The topological polar surface area (TPSA) is 72.9 Å². The van der Waals surface area contributed by atoms with Crippen molar-refractivity contribution in [3.8, 4) is 0 Å². The summed E-state index contributed by atoms with van der Waals surface area (Å²) >= 11 is 0. The molecule has 1 aromatic heterocycles. The van der Waals surface area contributed by atoms with E-state index < -0.39 is 0 Å². The van der Waals surface area contributed by atoms with Crippen LogP contribution < -0.4 is 11.1 Å². The van der Waals surface area contributed by atoms with Crippen LogP contribution in [0, 0.1) is 12.8 Å². The van der Waals surface area contributed by atoms with E-state index in [1.165, 1.54) is 0 Å². The zero-order valence-corrected chi connectivity index (χ0v) is 11.7. The van der Waals surface area contributed by atoms with Crippen molar-refractivity contribution in [3.05, 3.63) is 11.8 Å². The molecule has 1 fully saturated rings. The van der Waals surface area contributed by atoms with Gasteiger partial charge in [-0.1, -0.05) is 6.42 Å². The molecule has 1 aromatic rings. The summed E-state index contributed by atoms with van der Waals surface area (Å²) in [4.78, 5) is 11.9. The van der Waals surface area contributed by atoms with Gasteiger partial charge in [0.15, 0.2) is 0 Å². The molecule has 0 aliphatic heterocycles. The van der Waals surface area contributed by atoms with Gasteiger partial charge in [-0.25, -0.2) is 0 Å². The lowest BCUT2D eigenvalue weighted by Crippen LogP contribution is -2.28. The van der Waals surface area contributed by atoms with Crippen molar-refractivity contribution in [2.45, 2.75) is 38.6 Å². The number of carbonyl (C=O) groups excluding carboxylic acids is 1. The summed E-state index contributed by atoms with van der Waals surface area (Å²) in [7, 11) is 1.82. The smallest absolute Gasteiger partial charge is 0.225 e. The van der Waals surface area contributed by atoms with E-state index in [4.69, 9.17) is 5.73 Å². The fourth-order valence-corrected chi connectivity index (χ4v) is 2.48. The zero-order valence-electron chi connectivity index (χ0n) is 10.8. The Labute approximate surface area is 114 Å². The van der Waals surface area contributed by atoms with Crippen LogP contribution in [0.2, 0.25) is 0 Å². The first-order valence-corrected chi connectivity index (χ1v) is 6.12. The first-order valence-electron chi connectivity index (χ1n) is 6.12. The van der Waals surface area contributed by atoms with Crippen LogP contribution in [0.3, 0.4) is 0 Å². The third-order valence-corrected chi connectivity index (χ3v) is 3.43. The summed E-state index contributed by atoms with van der Waals surface area (Å²) in [6, 6.07) is 2.06. The van der Waals surface area contributed by atoms with Gasteiger partial charge < -0.3 is 11.1 Å². The van der Waals surface area contributed by atoms with Crippen LogP contribution in [-0.2, 0) is 11.8 Å². The molecule has 0 unspecified atom stereocenters. The minimum Gasteiger partial charge on any atom is -0.327 e. The third-order valence-electron chi connectivity index (χ3n) is 3.43. The minimum absolute atomic E-state index is 0. The molecule has 18 heavy (non-hydrogen) atoms. The van der Waals surface area contributed by atoms with E-state index in [1.54, 1.807) is 4.68 Å². The molecular weight excluding hydrogens is 252 g/mol. The Morgan fingerprint density at radius 2 is 2.33 bits per heavy atom. The van der Waals surface area contributed by atoms with Crippen LogP contribution in [0.4, 0.5) is 5.82 Å². The molecule has 0 aromatic carbocycles. The summed E-state index contributed by atoms with van der Waals surface area (Å²) in [5, 5.41) is 7.07. The molecule has 1 heterocycles. The second-order valence-electron chi connectivity index (χ2n) is 4.90. The fraction of sp³-hybridized carbons (Fsp3) is 0.667. The average Bonchev–Trinajstić information content (AvgIpc) is 2.75. The molecule has 0 spiro atoms. The van der Waals surface area contributed by atoms with Crippen molar-refractivity contribution in [1.82, 2.24) is 9.78 Å². The largest absolute Gasteiger partial charge is 0.327 e. The molecule has 0 bridgehead atoms. The number of aryl methyl sites for hydroxylation is 2. The SMILES string of the molecule is Cc1cc(NC(=O)C[C@@H]2CCC[C@H]2N)n(C)n1.Cl. The van der Waals surface area contributed by atoms with Gasteiger partial charge in [-0.2, -0.15) is 5.10 Å². The van der Waals surface area contributed by atoms with Gasteiger partial charge in [0.2, 0.25) is 5.91 Å². The van der Waals surface area contributed by atoms with Crippen molar-refractivity contribution in [3.63, 3.8) is 0 Å². The number of amides is 1. The van der Waals surface area contributed by atoms with Gasteiger partial charge in [-0.3, -0.25) is 9.48 Å². The Morgan fingerprint density at radius 3 is 2.83 bits per heavy atom. The number of carbonyl (C=O) groups is 1. The van der Waals surface area contributed by atoms with Gasteiger partial charge in [0.25, 0.3) is 0 Å². The van der Waals surface area contributed by atoms with Gasteiger partial charge in [0.1, 0.15) is 5.82 Å². The predicted octanol–water partition coefficient (Wildman–Crippen LogP) is 1.61. The Kier molecular flexibility index (Phi) is 5.16. The number of aromatic nitrogens is 2. The molecule has 6 heteroatoms. The van der Waals surface area contributed by atoms with Gasteiger partial charge in [-0.05, 0) is 25.7 Å². The number of hydrogen-bond donors (Lipinski definition) is 2. The number of hydrogen-bond acceptors (Lipinski definition) is 3. The number of nitrogens with one attached hydrogen (secondary N) is 1. The number of halogens is 1. The zero-order chi connectivity index (χ0) is 12.4. The summed E-state index contributed by atoms with van der Waals surface area (Å²) in [5.41, 5.74) is 6.86. The van der Waals surface area contributed by atoms with Crippen molar-refractivity contribution in [1.29, 1.82) is 0 Å². The minimum atomic E-state index is 0. The summed E-state index contributed by atoms with van der Waals surface area (Å²) in [6.07, 6.45) is 3.77. The Hall–Kier alpha value is -1.07. The van der Waals surface area contributed by atoms with Crippen LogP contribution in [-0.4, -0.2) is 21.7 Å². The van der Waals surface area contributed by atoms with E-state index in [9.17, 15) is 4.79 Å². The summed E-state index contributed by atoms with van der Waals surface area (Å²) in [6.45, 7) is 1.91. The normalized spacial score (nSPS) is 22.6. The van der Waals surface area contributed by atoms with Crippen molar-refractivity contribution >= 4 is 24.1 Å². The first kappa shape index (κ1) is 15.0. The molecule has 1 aliphatic carbocycles. The van der Waals surface area contributed by atoms with Crippen LogP contribution >= 0.6 is 12.4 Å². The van der Waals surface area contributed by atoms with Crippen molar-refractivity contribution < 1.29 is 4.79 Å². The van der Waals surface area contributed by atoms with Crippen molar-refractivity contribution in [2.75, 3.05) is 5.32 Å². The van der Waals surface area contributed by atoms with Crippen molar-refractivity contribution in [2.24, 2.45) is 18.7 Å². The van der Waals surface area contributed by atoms with E-state index in [-0.39, 0.29) is 24.4 Å². The highest BCUT2D eigenvalue weighted by atomic mass is 35.5. The number of anilines is 1. The molecule has 0 radical (unpaired) electrons. The number of nitrogens with two attached hydrogens (primary N) is 1. The second-order valence-corrected chi connectivity index (χ2v) is 4.90. The molecule has 0 saturated heterocycles. The van der Waals surface area contributed by atoms with Gasteiger partial charge >= 0.3 is 0 Å². The maximum atomic E-state index is 11.9. The lowest BCUT2D eigenvalue weighted by atomic mass is 10.00. The maximum absolute atomic E-state index is 11.9. The fourth-order valence-electron chi connectivity index (χ4n) is 2.48. The Balaban J connectivity index is 0.00000162. The maximum Gasteiger partial charge on any atom is 0.225 e. The molecule has 1 amide bonds. The first-order chi connectivity index (χ1) is 8.06.